The molecular formula is C29H30ClF2N9O2. The number of likely N-dealkylation sites (N-methyl/N-ethyl adjacent to an activating group) is 1. The van der Waals surface area contributed by atoms with Gasteiger partial charge in [0.2, 0.25) is 11.9 Å². The zero-order chi connectivity index (χ0) is 30.9. The quantitative estimate of drug-likeness (QED) is 0.220. The number of rotatable bonds is 8. The molecule has 1 amide bonds. The van der Waals surface area contributed by atoms with E-state index in [4.69, 9.17) is 16.3 Å². The average Bonchev–Trinajstić information content (AvgIpc) is 3.55. The smallest absolute Gasteiger partial charge is 0.410 e. The highest BCUT2D eigenvalue weighted by molar-refractivity contribution is 6.30. The predicted octanol–water partition coefficient (Wildman–Crippen LogP) is 5.79. The second-order valence-electron chi connectivity index (χ2n) is 11.1. The van der Waals surface area contributed by atoms with Crippen molar-refractivity contribution in [3.05, 3.63) is 83.0 Å². The Kier molecular flexibility index (Phi) is 8.27. The topological polar surface area (TPSA) is 115 Å². The van der Waals surface area contributed by atoms with E-state index < -0.39 is 29.4 Å². The Morgan fingerprint density at radius 3 is 2.60 bits per heavy atom. The first kappa shape index (κ1) is 29.8. The summed E-state index contributed by atoms with van der Waals surface area (Å²) in [5.74, 6) is -0.553. The molecule has 0 radical (unpaired) electrons. The monoisotopic (exact) mass is 609 g/mol. The van der Waals surface area contributed by atoms with Gasteiger partial charge in [0, 0.05) is 50.5 Å². The van der Waals surface area contributed by atoms with Gasteiger partial charge in [0.05, 0.1) is 16.9 Å². The highest BCUT2D eigenvalue weighted by atomic mass is 35.5. The van der Waals surface area contributed by atoms with Crippen LogP contribution < -0.4 is 5.32 Å². The first-order valence-corrected chi connectivity index (χ1v) is 13.8. The summed E-state index contributed by atoms with van der Waals surface area (Å²) in [4.78, 5) is 22.9. The molecule has 1 N–H and O–H groups in total. The summed E-state index contributed by atoms with van der Waals surface area (Å²) >= 11 is 5.88. The van der Waals surface area contributed by atoms with Crippen LogP contribution in [0.1, 0.15) is 38.1 Å². The third kappa shape index (κ3) is 6.88. The van der Waals surface area contributed by atoms with E-state index >= 15 is 4.39 Å². The van der Waals surface area contributed by atoms with Crippen molar-refractivity contribution in [2.75, 3.05) is 18.9 Å². The Morgan fingerprint density at radius 1 is 1.12 bits per heavy atom. The molecule has 0 fully saturated rings. The van der Waals surface area contributed by atoms with Crippen molar-refractivity contribution >= 4 is 35.1 Å². The summed E-state index contributed by atoms with van der Waals surface area (Å²) in [6.45, 7) is 5.39. The van der Waals surface area contributed by atoms with Gasteiger partial charge in [0.15, 0.2) is 5.65 Å². The maximum Gasteiger partial charge on any atom is 0.410 e. The van der Waals surface area contributed by atoms with Crippen LogP contribution in [0, 0.1) is 11.8 Å². The minimum Gasteiger partial charge on any atom is -0.444 e. The summed E-state index contributed by atoms with van der Waals surface area (Å²) in [6, 6.07) is 10.9. The van der Waals surface area contributed by atoms with Gasteiger partial charge in [-0.25, -0.2) is 19.2 Å². The molecule has 4 aromatic heterocycles. The molecule has 11 nitrogen and oxygen atoms in total. The maximum atomic E-state index is 15.8. The highest BCUT2D eigenvalue weighted by Crippen LogP contribution is 2.28. The summed E-state index contributed by atoms with van der Waals surface area (Å²) in [6.07, 6.45) is 2.86. The van der Waals surface area contributed by atoms with E-state index in [2.05, 4.69) is 30.6 Å². The number of carbonyl (C=O) groups excluding carboxylic acids is 1. The van der Waals surface area contributed by atoms with Crippen LogP contribution >= 0.6 is 11.6 Å². The number of halogens is 3. The summed E-state index contributed by atoms with van der Waals surface area (Å²) in [5.41, 5.74) is 1.04. The third-order valence-corrected chi connectivity index (χ3v) is 6.84. The standard InChI is InChI=1S/C29H30ClF2N9O2/c1-29(2,3)43-28(42)39(4)16-19(12-17-6-7-20(30)21(31)13-17)26-38-37-25-15-18(14-23(32)41(25)26)22-8-10-33-27(35-22)36-24-9-11-34-40(24)5/h6-11,13-15,19H,12,16H2,1-5H3,(H,33,35,36). The van der Waals surface area contributed by atoms with E-state index in [-0.39, 0.29) is 29.5 Å². The van der Waals surface area contributed by atoms with Gasteiger partial charge < -0.3 is 15.0 Å². The van der Waals surface area contributed by atoms with Gasteiger partial charge in [0.1, 0.15) is 23.1 Å². The van der Waals surface area contributed by atoms with Crippen LogP contribution in [0.2, 0.25) is 5.02 Å². The van der Waals surface area contributed by atoms with Crippen LogP contribution in [-0.2, 0) is 18.2 Å². The van der Waals surface area contributed by atoms with Gasteiger partial charge in [-0.15, -0.1) is 10.2 Å². The van der Waals surface area contributed by atoms with E-state index in [1.54, 1.807) is 76.2 Å². The number of nitrogens with one attached hydrogen (secondary N) is 1. The summed E-state index contributed by atoms with van der Waals surface area (Å²) < 4.78 is 38.6. The van der Waals surface area contributed by atoms with Gasteiger partial charge in [-0.1, -0.05) is 17.7 Å². The van der Waals surface area contributed by atoms with Gasteiger partial charge >= 0.3 is 6.09 Å². The van der Waals surface area contributed by atoms with Crippen molar-refractivity contribution in [1.82, 2.24) is 39.2 Å². The van der Waals surface area contributed by atoms with Gasteiger partial charge in [-0.3, -0.25) is 9.08 Å². The molecular weight excluding hydrogens is 580 g/mol. The number of nitrogens with zero attached hydrogens (tertiary/aromatic N) is 8. The second kappa shape index (κ2) is 11.9. The van der Waals surface area contributed by atoms with Crippen molar-refractivity contribution in [3.8, 4) is 11.3 Å². The van der Waals surface area contributed by atoms with E-state index in [0.717, 1.165) is 0 Å². The van der Waals surface area contributed by atoms with Crippen molar-refractivity contribution < 1.29 is 18.3 Å². The third-order valence-electron chi connectivity index (χ3n) is 6.53. The Bertz CT molecular complexity index is 1780. The number of pyridine rings is 1. The first-order chi connectivity index (χ1) is 20.4. The molecule has 0 spiro atoms. The lowest BCUT2D eigenvalue weighted by atomic mass is 9.97. The van der Waals surface area contributed by atoms with E-state index in [0.29, 0.717) is 28.6 Å². The molecule has 1 aromatic carbocycles. The molecule has 1 unspecified atom stereocenters. The minimum atomic E-state index is -0.710. The number of hydrogen-bond acceptors (Lipinski definition) is 8. The van der Waals surface area contributed by atoms with E-state index in [1.165, 1.54) is 27.5 Å². The van der Waals surface area contributed by atoms with Gasteiger partial charge in [-0.2, -0.15) is 9.49 Å². The van der Waals surface area contributed by atoms with Crippen molar-refractivity contribution in [3.63, 3.8) is 0 Å². The van der Waals surface area contributed by atoms with Crippen LogP contribution in [0.15, 0.2) is 54.9 Å². The van der Waals surface area contributed by atoms with E-state index in [9.17, 15) is 9.18 Å². The Hall–Kier alpha value is -4.65. The number of hydrogen-bond donors (Lipinski definition) is 1. The fourth-order valence-corrected chi connectivity index (χ4v) is 4.65. The fraction of sp³-hybridized carbons (Fsp3) is 0.310. The average molecular weight is 610 g/mol. The number of carbonyl (C=O) groups is 1. The molecule has 43 heavy (non-hydrogen) atoms. The van der Waals surface area contributed by atoms with Gasteiger partial charge in [0.25, 0.3) is 0 Å². The highest BCUT2D eigenvalue weighted by Gasteiger charge is 2.27. The van der Waals surface area contributed by atoms with Gasteiger partial charge in [-0.05, 0) is 57.0 Å². The number of fused-ring (bicyclic) bond motifs is 1. The number of aryl methyl sites for hydroxylation is 1. The molecule has 0 saturated carbocycles. The fourth-order valence-electron chi connectivity index (χ4n) is 4.53. The summed E-state index contributed by atoms with van der Waals surface area (Å²) in [7, 11) is 3.35. The lowest BCUT2D eigenvalue weighted by molar-refractivity contribution is 0.0287. The molecule has 5 rings (SSSR count). The van der Waals surface area contributed by atoms with Crippen molar-refractivity contribution in [1.29, 1.82) is 0 Å². The molecule has 14 heteroatoms. The second-order valence-corrected chi connectivity index (χ2v) is 11.5. The maximum absolute atomic E-state index is 15.8. The lowest BCUT2D eigenvalue weighted by Crippen LogP contribution is -2.37. The lowest BCUT2D eigenvalue weighted by Gasteiger charge is -2.27. The summed E-state index contributed by atoms with van der Waals surface area (Å²) in [5, 5.41) is 15.7. The number of benzene rings is 1. The molecule has 4 heterocycles. The van der Waals surface area contributed by atoms with Crippen molar-refractivity contribution in [2.45, 2.75) is 38.7 Å². The molecule has 0 aliphatic carbocycles. The number of aromatic nitrogens is 7. The Balaban J connectivity index is 1.49. The number of ether oxygens (including phenoxy) is 1. The zero-order valence-corrected chi connectivity index (χ0v) is 25.0. The SMILES string of the molecule is CN(CC(Cc1ccc(Cl)c(F)c1)c1nnc2cc(-c3ccnc(Nc4ccnn4C)n3)cc(F)n12)C(=O)OC(C)(C)C. The van der Waals surface area contributed by atoms with Crippen LogP contribution in [0.5, 0.6) is 0 Å². The van der Waals surface area contributed by atoms with Crippen molar-refractivity contribution in [2.24, 2.45) is 7.05 Å². The normalized spacial score (nSPS) is 12.4. The number of amides is 1. The molecule has 0 bridgehead atoms. The van der Waals surface area contributed by atoms with Crippen LogP contribution in [0.25, 0.3) is 16.9 Å². The molecule has 5 aromatic rings. The number of anilines is 2. The van der Waals surface area contributed by atoms with Crippen LogP contribution in [-0.4, -0.2) is 64.5 Å². The molecule has 224 valence electrons. The zero-order valence-electron chi connectivity index (χ0n) is 24.2. The van der Waals surface area contributed by atoms with Crippen LogP contribution in [0.4, 0.5) is 25.3 Å². The molecule has 0 saturated heterocycles. The minimum absolute atomic E-state index is 0.0129. The van der Waals surface area contributed by atoms with E-state index in [1.807, 2.05) is 0 Å². The molecule has 0 aliphatic rings. The molecule has 1 atom stereocenters. The Labute approximate surface area is 251 Å². The largest absolute Gasteiger partial charge is 0.444 e. The predicted molar refractivity (Wildman–Crippen MR) is 157 cm³/mol. The van der Waals surface area contributed by atoms with Crippen LogP contribution in [0.3, 0.4) is 0 Å². The molecule has 0 aliphatic heterocycles. The Morgan fingerprint density at radius 2 is 1.91 bits per heavy atom. The first-order valence-electron chi connectivity index (χ1n) is 13.4.